The van der Waals surface area contributed by atoms with Crippen molar-refractivity contribution in [2.24, 2.45) is 0 Å². The summed E-state index contributed by atoms with van der Waals surface area (Å²) in [6.07, 6.45) is 5.13. The van der Waals surface area contributed by atoms with Gasteiger partial charge in [0.05, 0.1) is 28.4 Å². The minimum atomic E-state index is 1.02. The first-order valence-corrected chi connectivity index (χ1v) is 9.81. The zero-order chi connectivity index (χ0) is 17.6. The SMILES string of the molecule is CCCCCCN1c2ccccc2Nc2c(N(CC)CC)cccc21. The van der Waals surface area contributed by atoms with Gasteiger partial charge in [-0.15, -0.1) is 0 Å². The number of hydrogen-bond acceptors (Lipinski definition) is 3. The summed E-state index contributed by atoms with van der Waals surface area (Å²) in [5.74, 6) is 0. The highest BCUT2D eigenvalue weighted by atomic mass is 15.2. The third kappa shape index (κ3) is 3.60. The smallest absolute Gasteiger partial charge is 0.0863 e. The fraction of sp³-hybridized carbons (Fsp3) is 0.455. The van der Waals surface area contributed by atoms with Crippen LogP contribution in [0.15, 0.2) is 42.5 Å². The lowest BCUT2D eigenvalue weighted by molar-refractivity contribution is 0.668. The largest absolute Gasteiger partial charge is 0.370 e. The molecule has 2 aromatic rings. The molecule has 0 saturated carbocycles. The molecule has 0 atom stereocenters. The Bertz CT molecular complexity index is 691. The first kappa shape index (κ1) is 17.7. The van der Waals surface area contributed by atoms with Gasteiger partial charge in [0.2, 0.25) is 0 Å². The molecule has 3 rings (SSSR count). The monoisotopic (exact) mass is 337 g/mol. The molecule has 2 aromatic carbocycles. The number of nitrogens with zero attached hydrogens (tertiary/aromatic N) is 2. The first-order valence-electron chi connectivity index (χ1n) is 9.81. The average Bonchev–Trinajstić information content (AvgIpc) is 2.65. The maximum atomic E-state index is 3.71. The van der Waals surface area contributed by atoms with Gasteiger partial charge < -0.3 is 15.1 Å². The van der Waals surface area contributed by atoms with Gasteiger partial charge in [-0.2, -0.15) is 0 Å². The quantitative estimate of drug-likeness (QED) is 0.570. The van der Waals surface area contributed by atoms with E-state index in [4.69, 9.17) is 0 Å². The van der Waals surface area contributed by atoms with Crippen molar-refractivity contribution < 1.29 is 0 Å². The number of para-hydroxylation sites is 3. The zero-order valence-corrected chi connectivity index (χ0v) is 15.9. The number of anilines is 5. The summed E-state index contributed by atoms with van der Waals surface area (Å²) in [5.41, 5.74) is 6.36. The van der Waals surface area contributed by atoms with E-state index in [0.717, 1.165) is 19.6 Å². The third-order valence-electron chi connectivity index (χ3n) is 5.11. The van der Waals surface area contributed by atoms with Gasteiger partial charge in [0, 0.05) is 19.6 Å². The van der Waals surface area contributed by atoms with Crippen LogP contribution in [0.3, 0.4) is 0 Å². The number of unbranched alkanes of at least 4 members (excludes halogenated alkanes) is 3. The van der Waals surface area contributed by atoms with Crippen LogP contribution in [0.1, 0.15) is 46.5 Å². The number of rotatable bonds is 8. The second-order valence-corrected chi connectivity index (χ2v) is 6.70. The Labute approximate surface area is 152 Å². The fourth-order valence-electron chi connectivity index (χ4n) is 3.73. The lowest BCUT2D eigenvalue weighted by Crippen LogP contribution is -2.27. The first-order chi connectivity index (χ1) is 12.3. The van der Waals surface area contributed by atoms with Gasteiger partial charge in [-0.05, 0) is 44.5 Å². The van der Waals surface area contributed by atoms with Gasteiger partial charge in [0.15, 0.2) is 0 Å². The Balaban J connectivity index is 1.98. The van der Waals surface area contributed by atoms with E-state index in [-0.39, 0.29) is 0 Å². The van der Waals surface area contributed by atoms with Crippen molar-refractivity contribution >= 4 is 28.4 Å². The van der Waals surface area contributed by atoms with Gasteiger partial charge in [-0.3, -0.25) is 0 Å². The van der Waals surface area contributed by atoms with Crippen LogP contribution in [0.2, 0.25) is 0 Å². The molecular formula is C22H31N3. The molecule has 0 fully saturated rings. The van der Waals surface area contributed by atoms with Gasteiger partial charge in [-0.25, -0.2) is 0 Å². The second kappa shape index (κ2) is 8.28. The summed E-state index contributed by atoms with van der Waals surface area (Å²) in [5, 5.41) is 3.71. The Morgan fingerprint density at radius 1 is 0.840 bits per heavy atom. The fourth-order valence-corrected chi connectivity index (χ4v) is 3.73. The lowest BCUT2D eigenvalue weighted by Gasteiger charge is -2.37. The standard InChI is InChI=1S/C22H31N3/c1-4-7-8-11-17-25-19-14-10-9-13-18(19)23-22-20(24(5-2)6-3)15-12-16-21(22)25/h9-10,12-16,23H,4-8,11,17H2,1-3H3. The van der Waals surface area contributed by atoms with E-state index < -0.39 is 0 Å². The minimum absolute atomic E-state index is 1.02. The summed E-state index contributed by atoms with van der Waals surface area (Å²) in [4.78, 5) is 4.93. The van der Waals surface area contributed by atoms with Crippen molar-refractivity contribution in [2.45, 2.75) is 46.5 Å². The van der Waals surface area contributed by atoms with Crippen LogP contribution < -0.4 is 15.1 Å². The number of nitrogens with one attached hydrogen (secondary N) is 1. The number of hydrogen-bond donors (Lipinski definition) is 1. The predicted molar refractivity (Wildman–Crippen MR) is 111 cm³/mol. The average molecular weight is 338 g/mol. The van der Waals surface area contributed by atoms with Crippen molar-refractivity contribution in [1.82, 2.24) is 0 Å². The van der Waals surface area contributed by atoms with Gasteiger partial charge in [0.1, 0.15) is 0 Å². The highest BCUT2D eigenvalue weighted by molar-refractivity contribution is 5.97. The molecule has 0 spiro atoms. The molecule has 0 amide bonds. The van der Waals surface area contributed by atoms with Crippen molar-refractivity contribution in [1.29, 1.82) is 0 Å². The maximum absolute atomic E-state index is 3.71. The molecule has 0 saturated heterocycles. The number of benzene rings is 2. The molecule has 0 unspecified atom stereocenters. The maximum Gasteiger partial charge on any atom is 0.0863 e. The summed E-state index contributed by atoms with van der Waals surface area (Å²) in [6, 6.07) is 15.4. The molecule has 1 N–H and O–H groups in total. The third-order valence-corrected chi connectivity index (χ3v) is 5.11. The highest BCUT2D eigenvalue weighted by Gasteiger charge is 2.24. The van der Waals surface area contributed by atoms with E-state index in [9.17, 15) is 0 Å². The molecule has 0 aliphatic carbocycles. The molecule has 134 valence electrons. The Morgan fingerprint density at radius 3 is 2.36 bits per heavy atom. The summed E-state index contributed by atoms with van der Waals surface area (Å²) >= 11 is 0. The molecule has 1 heterocycles. The highest BCUT2D eigenvalue weighted by Crippen LogP contribution is 2.47. The van der Waals surface area contributed by atoms with Crippen molar-refractivity contribution in [3.8, 4) is 0 Å². The van der Waals surface area contributed by atoms with Crippen molar-refractivity contribution in [2.75, 3.05) is 34.8 Å². The van der Waals surface area contributed by atoms with Crippen LogP contribution in [-0.2, 0) is 0 Å². The van der Waals surface area contributed by atoms with Crippen molar-refractivity contribution in [3.05, 3.63) is 42.5 Å². The molecule has 0 aromatic heterocycles. The second-order valence-electron chi connectivity index (χ2n) is 6.70. The Hall–Kier alpha value is -2.16. The van der Waals surface area contributed by atoms with E-state index >= 15 is 0 Å². The summed E-state index contributed by atoms with van der Waals surface area (Å²) in [7, 11) is 0. The molecule has 3 nitrogen and oxygen atoms in total. The topological polar surface area (TPSA) is 18.5 Å². The molecule has 1 aliphatic rings. The number of fused-ring (bicyclic) bond motifs is 2. The summed E-state index contributed by atoms with van der Waals surface area (Å²) in [6.45, 7) is 9.84. The van der Waals surface area contributed by atoms with Crippen molar-refractivity contribution in [3.63, 3.8) is 0 Å². The van der Waals surface area contributed by atoms with Crippen LogP contribution >= 0.6 is 0 Å². The molecule has 0 radical (unpaired) electrons. The molecule has 0 bridgehead atoms. The van der Waals surface area contributed by atoms with Gasteiger partial charge >= 0.3 is 0 Å². The van der Waals surface area contributed by atoms with E-state index in [1.807, 2.05) is 0 Å². The Kier molecular flexibility index (Phi) is 5.85. The summed E-state index contributed by atoms with van der Waals surface area (Å²) < 4.78 is 0. The molecule has 25 heavy (non-hydrogen) atoms. The normalized spacial score (nSPS) is 12.4. The van der Waals surface area contributed by atoms with Gasteiger partial charge in [-0.1, -0.05) is 44.4 Å². The van der Waals surface area contributed by atoms with Crippen LogP contribution in [-0.4, -0.2) is 19.6 Å². The van der Waals surface area contributed by atoms with E-state index in [1.54, 1.807) is 0 Å². The van der Waals surface area contributed by atoms with Crippen LogP contribution in [0.4, 0.5) is 28.4 Å². The lowest BCUT2D eigenvalue weighted by atomic mass is 10.1. The minimum Gasteiger partial charge on any atom is -0.370 e. The zero-order valence-electron chi connectivity index (χ0n) is 15.9. The Morgan fingerprint density at radius 2 is 1.60 bits per heavy atom. The van der Waals surface area contributed by atoms with E-state index in [2.05, 4.69) is 78.4 Å². The van der Waals surface area contributed by atoms with Crippen LogP contribution in [0.5, 0.6) is 0 Å². The van der Waals surface area contributed by atoms with E-state index in [0.29, 0.717) is 0 Å². The van der Waals surface area contributed by atoms with Crippen LogP contribution in [0.25, 0.3) is 0 Å². The molecule has 1 aliphatic heterocycles. The van der Waals surface area contributed by atoms with Gasteiger partial charge in [0.25, 0.3) is 0 Å². The molecular weight excluding hydrogens is 306 g/mol. The van der Waals surface area contributed by atoms with E-state index in [1.165, 1.54) is 54.1 Å². The van der Waals surface area contributed by atoms with Crippen LogP contribution in [0, 0.1) is 0 Å². The predicted octanol–water partition coefficient (Wildman–Crippen LogP) is 6.31. The molecule has 3 heteroatoms.